The van der Waals surface area contributed by atoms with E-state index in [1.54, 1.807) is 0 Å². The van der Waals surface area contributed by atoms with Crippen LogP contribution in [0.1, 0.15) is 17.3 Å². The molecule has 0 bridgehead atoms. The van der Waals surface area contributed by atoms with Crippen LogP contribution in [0.5, 0.6) is 0 Å². The molecular weight excluding hydrogens is 291 g/mol. The number of aromatic nitrogens is 1. The zero-order chi connectivity index (χ0) is 14.2. The number of likely N-dealkylation sites (tertiary alicyclic amines) is 1. The summed E-state index contributed by atoms with van der Waals surface area (Å²) in [6, 6.07) is 1.44. The third-order valence-corrected chi connectivity index (χ3v) is 3.95. The number of rotatable bonds is 2. The molecule has 2 unspecified atom stereocenters. The van der Waals surface area contributed by atoms with Crippen molar-refractivity contribution < 1.29 is 14.7 Å². The van der Waals surface area contributed by atoms with Gasteiger partial charge < -0.3 is 10.0 Å². The molecule has 1 aliphatic heterocycles. The number of hydrogen-bond acceptors (Lipinski definition) is 3. The van der Waals surface area contributed by atoms with Gasteiger partial charge in [-0.15, -0.1) is 0 Å². The van der Waals surface area contributed by atoms with Crippen LogP contribution in [0.25, 0.3) is 0 Å². The normalized spacial score (nSPS) is 22.6. The first-order valence-corrected chi connectivity index (χ1v) is 6.49. The molecule has 1 fully saturated rings. The highest BCUT2D eigenvalue weighted by atomic mass is 35.5. The predicted octanol–water partition coefficient (Wildman–Crippen LogP) is 2.18. The smallest absolute Gasteiger partial charge is 0.308 e. The summed E-state index contributed by atoms with van der Waals surface area (Å²) in [7, 11) is 0. The first-order valence-electron chi connectivity index (χ1n) is 5.73. The Morgan fingerprint density at radius 1 is 1.42 bits per heavy atom. The first-order chi connectivity index (χ1) is 8.90. The lowest BCUT2D eigenvalue weighted by Crippen LogP contribution is -2.30. The van der Waals surface area contributed by atoms with E-state index in [-0.39, 0.29) is 28.5 Å². The number of carbonyl (C=O) groups is 2. The van der Waals surface area contributed by atoms with Crippen LogP contribution in [0.3, 0.4) is 0 Å². The molecule has 1 aliphatic rings. The Kier molecular flexibility index (Phi) is 3.96. The minimum Gasteiger partial charge on any atom is -0.481 e. The summed E-state index contributed by atoms with van der Waals surface area (Å²) in [4.78, 5) is 28.6. The van der Waals surface area contributed by atoms with Crippen LogP contribution >= 0.6 is 23.2 Å². The number of hydrogen-bond donors (Lipinski definition) is 1. The van der Waals surface area contributed by atoms with Gasteiger partial charge in [0, 0.05) is 19.3 Å². The molecule has 102 valence electrons. The molecule has 0 saturated carbocycles. The highest BCUT2D eigenvalue weighted by Gasteiger charge is 2.37. The number of pyridine rings is 1. The van der Waals surface area contributed by atoms with Crippen molar-refractivity contribution in [1.29, 1.82) is 0 Å². The zero-order valence-electron chi connectivity index (χ0n) is 10.1. The van der Waals surface area contributed by atoms with Crippen LogP contribution in [0.15, 0.2) is 12.3 Å². The molecule has 0 radical (unpaired) electrons. The van der Waals surface area contributed by atoms with E-state index in [9.17, 15) is 9.59 Å². The molecule has 1 saturated heterocycles. The summed E-state index contributed by atoms with van der Waals surface area (Å²) >= 11 is 11.5. The Morgan fingerprint density at radius 3 is 2.63 bits per heavy atom. The number of amides is 1. The van der Waals surface area contributed by atoms with Crippen LogP contribution in [0.4, 0.5) is 0 Å². The van der Waals surface area contributed by atoms with Crippen molar-refractivity contribution in [3.8, 4) is 0 Å². The Morgan fingerprint density at radius 2 is 2.11 bits per heavy atom. The van der Waals surface area contributed by atoms with E-state index in [1.807, 2.05) is 6.92 Å². The molecule has 1 aromatic rings. The molecule has 2 atom stereocenters. The summed E-state index contributed by atoms with van der Waals surface area (Å²) in [6.07, 6.45) is 1.34. The highest BCUT2D eigenvalue weighted by Crippen LogP contribution is 2.26. The molecule has 5 nitrogen and oxygen atoms in total. The van der Waals surface area contributed by atoms with E-state index >= 15 is 0 Å². The number of carboxylic acid groups (broad SMARTS) is 1. The SMILES string of the molecule is CC1CN(C(=O)c2cnc(Cl)c(Cl)c2)CC1C(=O)O. The number of carboxylic acids is 1. The van der Waals surface area contributed by atoms with Crippen molar-refractivity contribution in [3.05, 3.63) is 28.0 Å². The van der Waals surface area contributed by atoms with Crippen molar-refractivity contribution in [2.45, 2.75) is 6.92 Å². The fourth-order valence-corrected chi connectivity index (χ4v) is 2.44. The van der Waals surface area contributed by atoms with Crippen LogP contribution < -0.4 is 0 Å². The van der Waals surface area contributed by atoms with Gasteiger partial charge in [0.15, 0.2) is 0 Å². The number of carbonyl (C=O) groups excluding carboxylic acids is 1. The standard InChI is InChI=1S/C12H12Cl2N2O3/c1-6-4-16(5-8(6)12(18)19)11(17)7-2-9(13)10(14)15-3-7/h2-3,6,8H,4-5H2,1H3,(H,18,19). The summed E-state index contributed by atoms with van der Waals surface area (Å²) in [5.74, 6) is -1.76. The van der Waals surface area contributed by atoms with E-state index in [2.05, 4.69) is 4.98 Å². The molecule has 0 aliphatic carbocycles. The second-order valence-electron chi connectivity index (χ2n) is 4.63. The summed E-state index contributed by atoms with van der Waals surface area (Å²) in [6.45, 7) is 2.44. The molecule has 1 N–H and O–H groups in total. The lowest BCUT2D eigenvalue weighted by Gasteiger charge is -2.15. The van der Waals surface area contributed by atoms with Gasteiger partial charge in [-0.3, -0.25) is 9.59 Å². The molecule has 0 spiro atoms. The fraction of sp³-hybridized carbons (Fsp3) is 0.417. The molecule has 2 heterocycles. The second-order valence-corrected chi connectivity index (χ2v) is 5.39. The molecule has 1 aromatic heterocycles. The quantitative estimate of drug-likeness (QED) is 0.850. The summed E-state index contributed by atoms with van der Waals surface area (Å²) in [5.41, 5.74) is 0.313. The predicted molar refractivity (Wildman–Crippen MR) is 70.5 cm³/mol. The first kappa shape index (κ1) is 14.1. The van der Waals surface area contributed by atoms with Gasteiger partial charge in [-0.1, -0.05) is 30.1 Å². The van der Waals surface area contributed by atoms with Crippen molar-refractivity contribution in [2.75, 3.05) is 13.1 Å². The Balaban J connectivity index is 2.17. The van der Waals surface area contributed by atoms with Crippen LogP contribution in [-0.2, 0) is 4.79 Å². The van der Waals surface area contributed by atoms with E-state index in [0.29, 0.717) is 12.1 Å². The van der Waals surface area contributed by atoms with Crippen LogP contribution in [-0.4, -0.2) is 40.0 Å². The van der Waals surface area contributed by atoms with Gasteiger partial charge in [0.2, 0.25) is 0 Å². The van der Waals surface area contributed by atoms with E-state index in [1.165, 1.54) is 17.2 Å². The minimum absolute atomic E-state index is 0.0721. The summed E-state index contributed by atoms with van der Waals surface area (Å²) in [5, 5.41) is 9.38. The van der Waals surface area contributed by atoms with Gasteiger partial charge in [0.1, 0.15) is 5.15 Å². The monoisotopic (exact) mass is 302 g/mol. The van der Waals surface area contributed by atoms with Gasteiger partial charge in [-0.05, 0) is 12.0 Å². The van der Waals surface area contributed by atoms with Crippen molar-refractivity contribution in [3.63, 3.8) is 0 Å². The van der Waals surface area contributed by atoms with Gasteiger partial charge in [0.25, 0.3) is 5.91 Å². The lowest BCUT2D eigenvalue weighted by molar-refractivity contribution is -0.142. The van der Waals surface area contributed by atoms with Gasteiger partial charge in [-0.2, -0.15) is 0 Å². The third-order valence-electron chi connectivity index (χ3n) is 3.26. The highest BCUT2D eigenvalue weighted by molar-refractivity contribution is 6.41. The van der Waals surface area contributed by atoms with E-state index < -0.39 is 11.9 Å². The molecular formula is C12H12Cl2N2O3. The average molecular weight is 303 g/mol. The second kappa shape index (κ2) is 5.35. The number of aliphatic carboxylic acids is 1. The maximum atomic E-state index is 12.2. The lowest BCUT2D eigenvalue weighted by atomic mass is 9.99. The van der Waals surface area contributed by atoms with Gasteiger partial charge >= 0.3 is 5.97 Å². The Bertz CT molecular complexity index is 536. The van der Waals surface area contributed by atoms with Crippen molar-refractivity contribution >= 4 is 35.1 Å². The number of nitrogens with zero attached hydrogens (tertiary/aromatic N) is 2. The molecule has 7 heteroatoms. The van der Waals surface area contributed by atoms with Crippen LogP contribution in [0, 0.1) is 11.8 Å². The maximum absolute atomic E-state index is 12.2. The topological polar surface area (TPSA) is 70.5 Å². The van der Waals surface area contributed by atoms with E-state index in [4.69, 9.17) is 28.3 Å². The van der Waals surface area contributed by atoms with Crippen LogP contribution in [0.2, 0.25) is 10.2 Å². The number of halogens is 2. The average Bonchev–Trinajstić information content (AvgIpc) is 2.74. The Labute approximate surface area is 120 Å². The van der Waals surface area contributed by atoms with Gasteiger partial charge in [0.05, 0.1) is 16.5 Å². The minimum atomic E-state index is -0.880. The molecule has 1 amide bonds. The molecule has 2 rings (SSSR count). The third kappa shape index (κ3) is 2.82. The van der Waals surface area contributed by atoms with E-state index in [0.717, 1.165) is 0 Å². The van der Waals surface area contributed by atoms with Gasteiger partial charge in [-0.25, -0.2) is 4.98 Å². The van der Waals surface area contributed by atoms with Crippen molar-refractivity contribution in [2.24, 2.45) is 11.8 Å². The molecule has 19 heavy (non-hydrogen) atoms. The Hall–Kier alpha value is -1.33. The van der Waals surface area contributed by atoms with Crippen molar-refractivity contribution in [1.82, 2.24) is 9.88 Å². The maximum Gasteiger partial charge on any atom is 0.308 e. The largest absolute Gasteiger partial charge is 0.481 e. The zero-order valence-corrected chi connectivity index (χ0v) is 11.6. The summed E-state index contributed by atoms with van der Waals surface area (Å²) < 4.78 is 0. The molecule has 0 aromatic carbocycles. The fourth-order valence-electron chi connectivity index (χ4n) is 2.17.